The van der Waals surface area contributed by atoms with Crippen LogP contribution in [0.3, 0.4) is 0 Å². The maximum Gasteiger partial charge on any atom is 0.125 e. The quantitative estimate of drug-likeness (QED) is 0.825. The van der Waals surface area contributed by atoms with Crippen LogP contribution in [0, 0.1) is 0 Å². The summed E-state index contributed by atoms with van der Waals surface area (Å²) in [5.74, 6) is 1.10. The molecule has 1 aromatic carbocycles. The third-order valence-electron chi connectivity index (χ3n) is 4.02. The fourth-order valence-corrected chi connectivity index (χ4v) is 3.22. The standard InChI is InChI=1S/C16H24BrNO2/c1-11(19-3)4-5-15(18-2)10-13-9-14(17)8-12-6-7-20-16(12)13/h8-9,11,15,18H,4-7,10H2,1-3H3. The van der Waals surface area contributed by atoms with E-state index >= 15 is 0 Å². The zero-order valence-electron chi connectivity index (χ0n) is 12.5. The zero-order chi connectivity index (χ0) is 14.5. The molecule has 0 bridgehead atoms. The van der Waals surface area contributed by atoms with Crippen molar-refractivity contribution in [2.75, 3.05) is 20.8 Å². The second-order valence-electron chi connectivity index (χ2n) is 5.47. The molecular formula is C16H24BrNO2. The van der Waals surface area contributed by atoms with Crippen LogP contribution in [0.4, 0.5) is 0 Å². The highest BCUT2D eigenvalue weighted by Crippen LogP contribution is 2.34. The normalized spacial score (nSPS) is 16.6. The molecule has 2 atom stereocenters. The van der Waals surface area contributed by atoms with Crippen molar-refractivity contribution in [1.29, 1.82) is 0 Å². The molecule has 1 N–H and O–H groups in total. The van der Waals surface area contributed by atoms with Gasteiger partial charge >= 0.3 is 0 Å². The van der Waals surface area contributed by atoms with Crippen LogP contribution in [0.5, 0.6) is 5.75 Å². The topological polar surface area (TPSA) is 30.5 Å². The summed E-state index contributed by atoms with van der Waals surface area (Å²) >= 11 is 3.61. The molecule has 0 amide bonds. The number of benzene rings is 1. The molecule has 0 aliphatic carbocycles. The van der Waals surface area contributed by atoms with Gasteiger partial charge in [-0.3, -0.25) is 0 Å². The molecule has 112 valence electrons. The molecule has 4 heteroatoms. The lowest BCUT2D eigenvalue weighted by atomic mass is 9.98. The van der Waals surface area contributed by atoms with Crippen LogP contribution in [0.25, 0.3) is 0 Å². The van der Waals surface area contributed by atoms with Gasteiger partial charge in [-0.15, -0.1) is 0 Å². The van der Waals surface area contributed by atoms with Crippen molar-refractivity contribution in [3.63, 3.8) is 0 Å². The molecule has 3 nitrogen and oxygen atoms in total. The van der Waals surface area contributed by atoms with Gasteiger partial charge in [-0.1, -0.05) is 15.9 Å². The maximum absolute atomic E-state index is 5.80. The van der Waals surface area contributed by atoms with Gasteiger partial charge in [0.1, 0.15) is 5.75 Å². The number of nitrogens with one attached hydrogen (secondary N) is 1. The van der Waals surface area contributed by atoms with E-state index in [1.54, 1.807) is 7.11 Å². The largest absolute Gasteiger partial charge is 0.493 e. The molecule has 0 aromatic heterocycles. The molecular weight excluding hydrogens is 318 g/mol. The minimum absolute atomic E-state index is 0.315. The molecule has 1 aliphatic heterocycles. The first-order chi connectivity index (χ1) is 9.63. The van der Waals surface area contributed by atoms with Crippen molar-refractivity contribution < 1.29 is 9.47 Å². The molecule has 0 fully saturated rings. The van der Waals surface area contributed by atoms with Gasteiger partial charge < -0.3 is 14.8 Å². The van der Waals surface area contributed by atoms with Crippen molar-refractivity contribution in [3.05, 3.63) is 27.7 Å². The second kappa shape index (κ2) is 7.43. The first kappa shape index (κ1) is 15.8. The Balaban J connectivity index is 2.04. The highest BCUT2D eigenvalue weighted by molar-refractivity contribution is 9.10. The lowest BCUT2D eigenvalue weighted by Crippen LogP contribution is -2.29. The third-order valence-corrected chi connectivity index (χ3v) is 4.48. The molecule has 20 heavy (non-hydrogen) atoms. The predicted molar refractivity (Wildman–Crippen MR) is 85.6 cm³/mol. The minimum Gasteiger partial charge on any atom is -0.493 e. The highest BCUT2D eigenvalue weighted by atomic mass is 79.9. The highest BCUT2D eigenvalue weighted by Gasteiger charge is 2.20. The van der Waals surface area contributed by atoms with Crippen molar-refractivity contribution >= 4 is 15.9 Å². The van der Waals surface area contributed by atoms with E-state index in [1.807, 2.05) is 7.05 Å². The summed E-state index contributed by atoms with van der Waals surface area (Å²) < 4.78 is 12.3. The van der Waals surface area contributed by atoms with Gasteiger partial charge in [0.05, 0.1) is 12.7 Å². The van der Waals surface area contributed by atoms with E-state index < -0.39 is 0 Å². The number of hydrogen-bond donors (Lipinski definition) is 1. The second-order valence-corrected chi connectivity index (χ2v) is 6.38. The number of ether oxygens (including phenoxy) is 2. The number of fused-ring (bicyclic) bond motifs is 1. The van der Waals surface area contributed by atoms with E-state index in [4.69, 9.17) is 9.47 Å². The molecule has 0 radical (unpaired) electrons. The number of rotatable bonds is 7. The zero-order valence-corrected chi connectivity index (χ0v) is 14.1. The molecule has 0 spiro atoms. The lowest BCUT2D eigenvalue weighted by molar-refractivity contribution is 0.106. The lowest BCUT2D eigenvalue weighted by Gasteiger charge is -2.19. The van der Waals surface area contributed by atoms with E-state index in [0.717, 1.165) is 42.5 Å². The van der Waals surface area contributed by atoms with Gasteiger partial charge in [-0.05, 0) is 56.5 Å². The number of likely N-dealkylation sites (N-methyl/N-ethyl adjacent to an activating group) is 1. The SMILES string of the molecule is CNC(CCC(C)OC)Cc1cc(Br)cc2c1OCC2. The molecule has 2 unspecified atom stereocenters. The fraction of sp³-hybridized carbons (Fsp3) is 0.625. The predicted octanol–water partition coefficient (Wildman–Crippen LogP) is 3.33. The average Bonchev–Trinajstić information content (AvgIpc) is 2.90. The van der Waals surface area contributed by atoms with Crippen molar-refractivity contribution in [2.45, 2.75) is 44.8 Å². The van der Waals surface area contributed by atoms with E-state index in [9.17, 15) is 0 Å². The average molecular weight is 342 g/mol. The Morgan fingerprint density at radius 2 is 2.20 bits per heavy atom. The number of methoxy groups -OCH3 is 1. The Labute approximate surface area is 130 Å². The Kier molecular flexibility index (Phi) is 5.87. The summed E-state index contributed by atoms with van der Waals surface area (Å²) in [5, 5.41) is 3.41. The summed E-state index contributed by atoms with van der Waals surface area (Å²) in [4.78, 5) is 0. The Bertz CT molecular complexity index is 450. The summed E-state index contributed by atoms with van der Waals surface area (Å²) in [6.45, 7) is 2.93. The summed E-state index contributed by atoms with van der Waals surface area (Å²) in [7, 11) is 3.80. The van der Waals surface area contributed by atoms with Crippen molar-refractivity contribution in [1.82, 2.24) is 5.32 Å². The molecule has 1 aliphatic rings. The Morgan fingerprint density at radius 1 is 1.40 bits per heavy atom. The summed E-state index contributed by atoms with van der Waals surface area (Å²) in [5.41, 5.74) is 2.63. The van der Waals surface area contributed by atoms with Crippen LogP contribution in [-0.4, -0.2) is 32.9 Å². The number of hydrogen-bond acceptors (Lipinski definition) is 3. The van der Waals surface area contributed by atoms with E-state index in [0.29, 0.717) is 12.1 Å². The van der Waals surface area contributed by atoms with Crippen LogP contribution < -0.4 is 10.1 Å². The molecule has 0 saturated carbocycles. The van der Waals surface area contributed by atoms with Crippen molar-refractivity contribution in [3.8, 4) is 5.75 Å². The molecule has 1 heterocycles. The van der Waals surface area contributed by atoms with E-state index in [2.05, 4.69) is 40.3 Å². The Hall–Kier alpha value is -0.580. The molecule has 0 saturated heterocycles. The van der Waals surface area contributed by atoms with Gasteiger partial charge in [-0.25, -0.2) is 0 Å². The minimum atomic E-state index is 0.315. The van der Waals surface area contributed by atoms with Crippen LogP contribution in [0.1, 0.15) is 30.9 Å². The fourth-order valence-electron chi connectivity index (χ4n) is 2.67. The van der Waals surface area contributed by atoms with Gasteiger partial charge in [-0.2, -0.15) is 0 Å². The van der Waals surface area contributed by atoms with E-state index in [1.165, 1.54) is 11.1 Å². The monoisotopic (exact) mass is 341 g/mol. The number of halogens is 1. The summed E-state index contributed by atoms with van der Waals surface area (Å²) in [6, 6.07) is 4.82. The van der Waals surface area contributed by atoms with Crippen LogP contribution in [0.15, 0.2) is 16.6 Å². The van der Waals surface area contributed by atoms with Gasteiger partial charge in [0.15, 0.2) is 0 Å². The third kappa shape index (κ3) is 3.96. The van der Waals surface area contributed by atoms with Crippen molar-refractivity contribution in [2.24, 2.45) is 0 Å². The molecule has 2 rings (SSSR count). The maximum atomic E-state index is 5.80. The van der Waals surface area contributed by atoms with Crippen LogP contribution >= 0.6 is 15.9 Å². The van der Waals surface area contributed by atoms with Crippen LogP contribution in [-0.2, 0) is 17.6 Å². The van der Waals surface area contributed by atoms with Gasteiger partial charge in [0.25, 0.3) is 0 Å². The molecule has 1 aromatic rings. The Morgan fingerprint density at radius 3 is 2.90 bits per heavy atom. The first-order valence-corrected chi connectivity index (χ1v) is 8.07. The smallest absolute Gasteiger partial charge is 0.125 e. The summed E-state index contributed by atoms with van der Waals surface area (Å²) in [6.07, 6.45) is 4.50. The van der Waals surface area contributed by atoms with Gasteiger partial charge in [0, 0.05) is 24.0 Å². The van der Waals surface area contributed by atoms with E-state index in [-0.39, 0.29) is 0 Å². The first-order valence-electron chi connectivity index (χ1n) is 7.28. The van der Waals surface area contributed by atoms with Crippen LogP contribution in [0.2, 0.25) is 0 Å². The van der Waals surface area contributed by atoms with Gasteiger partial charge in [0.2, 0.25) is 0 Å².